The summed E-state index contributed by atoms with van der Waals surface area (Å²) in [6.07, 6.45) is 5.42. The third-order valence-electron chi connectivity index (χ3n) is 2.80. The molecular weight excluding hydrogens is 178 g/mol. The van der Waals surface area contributed by atoms with Gasteiger partial charge >= 0.3 is 0 Å². The van der Waals surface area contributed by atoms with Crippen LogP contribution >= 0.6 is 11.3 Å². The predicted octanol–water partition coefficient (Wildman–Crippen LogP) is 2.68. The van der Waals surface area contributed by atoms with Gasteiger partial charge in [-0.1, -0.05) is 0 Å². The third-order valence-corrected chi connectivity index (χ3v) is 3.53. The van der Waals surface area contributed by atoms with E-state index >= 15 is 0 Å². The second-order valence-corrected chi connectivity index (χ2v) is 4.66. The highest BCUT2D eigenvalue weighted by Crippen LogP contribution is 2.20. The summed E-state index contributed by atoms with van der Waals surface area (Å²) in [5, 5.41) is 7.93. The number of hydrogen-bond donors (Lipinski definition) is 1. The van der Waals surface area contributed by atoms with Gasteiger partial charge in [0.1, 0.15) is 0 Å². The molecule has 1 aliphatic heterocycles. The monoisotopic (exact) mass is 195 g/mol. The van der Waals surface area contributed by atoms with Crippen LogP contribution in [-0.4, -0.2) is 13.1 Å². The van der Waals surface area contributed by atoms with Crippen molar-refractivity contribution in [3.8, 4) is 0 Å². The summed E-state index contributed by atoms with van der Waals surface area (Å²) in [6, 6.07) is 2.27. The van der Waals surface area contributed by atoms with Gasteiger partial charge in [-0.15, -0.1) is 0 Å². The second-order valence-electron chi connectivity index (χ2n) is 3.88. The Balaban J connectivity index is 1.86. The Morgan fingerprint density at radius 2 is 2.38 bits per heavy atom. The minimum atomic E-state index is 0.921. The summed E-state index contributed by atoms with van der Waals surface area (Å²) in [5.74, 6) is 0.921. The molecule has 1 aliphatic rings. The highest BCUT2D eigenvalue weighted by atomic mass is 32.1. The van der Waals surface area contributed by atoms with Gasteiger partial charge in [-0.05, 0) is 67.1 Å². The van der Waals surface area contributed by atoms with Crippen LogP contribution in [-0.2, 0) is 6.42 Å². The first-order chi connectivity index (χ1) is 6.45. The molecule has 1 atom stereocenters. The van der Waals surface area contributed by atoms with E-state index in [9.17, 15) is 0 Å². The largest absolute Gasteiger partial charge is 0.317 e. The van der Waals surface area contributed by atoms with Crippen LogP contribution in [0.5, 0.6) is 0 Å². The molecule has 0 bridgehead atoms. The highest BCUT2D eigenvalue weighted by molar-refractivity contribution is 7.07. The molecule has 1 nitrogen and oxygen atoms in total. The Kier molecular flexibility index (Phi) is 3.39. The molecular formula is C11H17NS. The van der Waals surface area contributed by atoms with Gasteiger partial charge in [0.25, 0.3) is 0 Å². The number of thiophene rings is 1. The summed E-state index contributed by atoms with van der Waals surface area (Å²) >= 11 is 1.82. The molecule has 1 fully saturated rings. The van der Waals surface area contributed by atoms with E-state index in [1.165, 1.54) is 44.3 Å². The van der Waals surface area contributed by atoms with Crippen molar-refractivity contribution in [3.05, 3.63) is 22.4 Å². The Morgan fingerprint density at radius 1 is 1.38 bits per heavy atom. The van der Waals surface area contributed by atoms with Crippen LogP contribution in [0.15, 0.2) is 16.8 Å². The molecule has 13 heavy (non-hydrogen) atoms. The maximum Gasteiger partial charge on any atom is -0.00462 e. The molecule has 2 rings (SSSR count). The Morgan fingerprint density at radius 3 is 3.23 bits per heavy atom. The van der Waals surface area contributed by atoms with Crippen molar-refractivity contribution in [2.24, 2.45) is 5.92 Å². The highest BCUT2D eigenvalue weighted by Gasteiger charge is 2.12. The van der Waals surface area contributed by atoms with E-state index in [4.69, 9.17) is 0 Å². The first kappa shape index (κ1) is 9.22. The first-order valence-electron chi connectivity index (χ1n) is 5.17. The quantitative estimate of drug-likeness (QED) is 0.765. The van der Waals surface area contributed by atoms with E-state index in [1.54, 1.807) is 0 Å². The number of nitrogens with one attached hydrogen (secondary N) is 1. The molecule has 1 unspecified atom stereocenters. The topological polar surface area (TPSA) is 12.0 Å². The van der Waals surface area contributed by atoms with Crippen molar-refractivity contribution in [2.45, 2.75) is 25.7 Å². The van der Waals surface area contributed by atoms with E-state index in [0.717, 1.165) is 5.92 Å². The van der Waals surface area contributed by atoms with Crippen LogP contribution in [0, 0.1) is 5.92 Å². The van der Waals surface area contributed by atoms with Gasteiger partial charge in [-0.3, -0.25) is 0 Å². The zero-order valence-corrected chi connectivity index (χ0v) is 8.78. The molecule has 0 saturated carbocycles. The SMILES string of the molecule is c1cc(CC2CCCNCC2)cs1. The van der Waals surface area contributed by atoms with Gasteiger partial charge in [0, 0.05) is 0 Å². The van der Waals surface area contributed by atoms with Crippen molar-refractivity contribution < 1.29 is 0 Å². The standard InChI is InChI=1S/C11H17NS/c1-2-10(3-6-12-5-1)8-11-4-7-13-9-11/h4,7,9-10,12H,1-3,5-6,8H2. The summed E-state index contributed by atoms with van der Waals surface area (Å²) in [4.78, 5) is 0. The first-order valence-corrected chi connectivity index (χ1v) is 6.11. The molecule has 0 aliphatic carbocycles. The molecule has 2 heteroatoms. The van der Waals surface area contributed by atoms with Gasteiger partial charge < -0.3 is 5.32 Å². The molecule has 1 aromatic rings. The summed E-state index contributed by atoms with van der Waals surface area (Å²) < 4.78 is 0. The van der Waals surface area contributed by atoms with Crippen molar-refractivity contribution in [1.29, 1.82) is 0 Å². The minimum Gasteiger partial charge on any atom is -0.317 e. The van der Waals surface area contributed by atoms with Crippen LogP contribution in [0.2, 0.25) is 0 Å². The van der Waals surface area contributed by atoms with E-state index in [1.807, 2.05) is 11.3 Å². The lowest BCUT2D eigenvalue weighted by Crippen LogP contribution is -2.14. The van der Waals surface area contributed by atoms with Crippen molar-refractivity contribution in [1.82, 2.24) is 5.32 Å². The van der Waals surface area contributed by atoms with E-state index in [2.05, 4.69) is 22.1 Å². The fraction of sp³-hybridized carbons (Fsp3) is 0.636. The van der Waals surface area contributed by atoms with Gasteiger partial charge in [0.05, 0.1) is 0 Å². The molecule has 0 amide bonds. The summed E-state index contributed by atoms with van der Waals surface area (Å²) in [5.41, 5.74) is 1.54. The molecule has 0 radical (unpaired) electrons. The van der Waals surface area contributed by atoms with Crippen molar-refractivity contribution in [3.63, 3.8) is 0 Å². The molecule has 0 spiro atoms. The van der Waals surface area contributed by atoms with E-state index < -0.39 is 0 Å². The van der Waals surface area contributed by atoms with Gasteiger partial charge in [-0.25, -0.2) is 0 Å². The number of rotatable bonds is 2. The van der Waals surface area contributed by atoms with E-state index in [0.29, 0.717) is 0 Å². The van der Waals surface area contributed by atoms with Gasteiger partial charge in [0.15, 0.2) is 0 Å². The molecule has 1 aromatic heterocycles. The maximum atomic E-state index is 3.46. The molecule has 1 N–H and O–H groups in total. The van der Waals surface area contributed by atoms with Crippen LogP contribution < -0.4 is 5.32 Å². The normalized spacial score (nSPS) is 24.2. The average Bonchev–Trinajstić information content (AvgIpc) is 2.49. The van der Waals surface area contributed by atoms with Crippen molar-refractivity contribution >= 4 is 11.3 Å². The summed E-state index contributed by atoms with van der Waals surface area (Å²) in [6.45, 7) is 2.44. The third kappa shape index (κ3) is 2.82. The molecule has 72 valence electrons. The fourth-order valence-electron chi connectivity index (χ4n) is 2.04. The predicted molar refractivity (Wildman–Crippen MR) is 58.2 cm³/mol. The van der Waals surface area contributed by atoms with Crippen LogP contribution in [0.4, 0.5) is 0 Å². The van der Waals surface area contributed by atoms with Crippen molar-refractivity contribution in [2.75, 3.05) is 13.1 Å². The van der Waals surface area contributed by atoms with E-state index in [-0.39, 0.29) is 0 Å². The number of hydrogen-bond acceptors (Lipinski definition) is 2. The lowest BCUT2D eigenvalue weighted by molar-refractivity contribution is 0.470. The second kappa shape index (κ2) is 4.77. The summed E-state index contributed by atoms with van der Waals surface area (Å²) in [7, 11) is 0. The van der Waals surface area contributed by atoms with Crippen LogP contribution in [0.25, 0.3) is 0 Å². The average molecular weight is 195 g/mol. The van der Waals surface area contributed by atoms with Gasteiger partial charge in [-0.2, -0.15) is 11.3 Å². The molecule has 0 aromatic carbocycles. The molecule has 1 saturated heterocycles. The lowest BCUT2D eigenvalue weighted by Gasteiger charge is -2.11. The smallest absolute Gasteiger partial charge is 0.00462 e. The lowest BCUT2D eigenvalue weighted by atomic mass is 9.94. The Labute approximate surface area is 84.2 Å². The fourth-order valence-corrected chi connectivity index (χ4v) is 2.72. The van der Waals surface area contributed by atoms with Gasteiger partial charge in [0.2, 0.25) is 0 Å². The van der Waals surface area contributed by atoms with Crippen LogP contribution in [0.1, 0.15) is 24.8 Å². The minimum absolute atomic E-state index is 0.921. The molecule has 2 heterocycles. The maximum absolute atomic E-state index is 3.46. The van der Waals surface area contributed by atoms with Crippen LogP contribution in [0.3, 0.4) is 0 Å². The zero-order valence-electron chi connectivity index (χ0n) is 7.96. The Hall–Kier alpha value is -0.340. The Bertz CT molecular complexity index is 222. The zero-order chi connectivity index (χ0) is 8.93.